The van der Waals surface area contributed by atoms with Crippen molar-refractivity contribution in [1.29, 1.82) is 0 Å². The lowest BCUT2D eigenvalue weighted by Gasteiger charge is -2.12. The number of carboxylic acid groups (broad SMARTS) is 1. The van der Waals surface area contributed by atoms with Gasteiger partial charge in [0.25, 0.3) is 11.1 Å². The molecule has 0 fully saturated rings. The second kappa shape index (κ2) is 12.1. The maximum absolute atomic E-state index is 12.0. The number of aliphatic carboxylic acids is 1. The summed E-state index contributed by atoms with van der Waals surface area (Å²) in [6.45, 7) is 0.315. The second-order valence-corrected chi connectivity index (χ2v) is 9.33. The Balaban J connectivity index is 1.53. The highest BCUT2D eigenvalue weighted by atomic mass is 35.5. The molecule has 190 valence electrons. The molecule has 1 aromatic heterocycles. The summed E-state index contributed by atoms with van der Waals surface area (Å²) >= 11 is 12.8. The maximum atomic E-state index is 12.0. The third kappa shape index (κ3) is 6.76. The van der Waals surface area contributed by atoms with Crippen molar-refractivity contribution in [2.45, 2.75) is 11.8 Å². The molecule has 1 N–H and O–H groups in total. The number of thioether (sulfide) groups is 1. The monoisotopic (exact) mass is 558 g/mol. The van der Waals surface area contributed by atoms with Crippen LogP contribution in [-0.4, -0.2) is 35.5 Å². The SMILES string of the molecule is COc1cc(/C=C(\Sc2nnc(-c3cc(Cl)ccc3OC)o2)C(=O)O)ccc1OCc1ccc(Cl)cc1. The first kappa shape index (κ1) is 26.4. The number of hydrogen-bond donors (Lipinski definition) is 1. The average Bonchev–Trinajstić information content (AvgIpc) is 3.36. The Morgan fingerprint density at radius 1 is 0.946 bits per heavy atom. The first-order chi connectivity index (χ1) is 17.9. The molecule has 8 nitrogen and oxygen atoms in total. The molecule has 0 unspecified atom stereocenters. The summed E-state index contributed by atoms with van der Waals surface area (Å²) in [5, 5.41) is 18.9. The molecule has 0 bridgehead atoms. The quantitative estimate of drug-likeness (QED) is 0.165. The third-order valence-corrected chi connectivity index (χ3v) is 6.34. The fraction of sp³-hybridized carbons (Fsp3) is 0.115. The van der Waals surface area contributed by atoms with Gasteiger partial charge in [0.1, 0.15) is 17.3 Å². The molecule has 3 aromatic carbocycles. The molecule has 0 saturated carbocycles. The van der Waals surface area contributed by atoms with Crippen LogP contribution in [-0.2, 0) is 11.4 Å². The first-order valence-electron chi connectivity index (χ1n) is 10.7. The Bertz CT molecular complexity index is 1440. The van der Waals surface area contributed by atoms with E-state index in [0.717, 1.165) is 17.3 Å². The molecular formula is C26H20Cl2N2O6S. The van der Waals surface area contributed by atoms with Crippen LogP contribution >= 0.6 is 35.0 Å². The summed E-state index contributed by atoms with van der Waals surface area (Å²) in [4.78, 5) is 11.9. The van der Waals surface area contributed by atoms with E-state index in [-0.39, 0.29) is 16.0 Å². The van der Waals surface area contributed by atoms with Crippen LogP contribution in [0.3, 0.4) is 0 Å². The van der Waals surface area contributed by atoms with Gasteiger partial charge in [-0.2, -0.15) is 0 Å². The topological polar surface area (TPSA) is 104 Å². The lowest BCUT2D eigenvalue weighted by molar-refractivity contribution is -0.131. The van der Waals surface area contributed by atoms with Gasteiger partial charge in [0.05, 0.1) is 19.8 Å². The van der Waals surface area contributed by atoms with Crippen molar-refractivity contribution >= 4 is 47.0 Å². The van der Waals surface area contributed by atoms with Gasteiger partial charge in [-0.25, -0.2) is 4.79 Å². The van der Waals surface area contributed by atoms with Crippen molar-refractivity contribution in [2.75, 3.05) is 14.2 Å². The molecule has 0 aliphatic carbocycles. The van der Waals surface area contributed by atoms with Crippen LogP contribution in [0.4, 0.5) is 0 Å². The minimum absolute atomic E-state index is 0.0369. The van der Waals surface area contributed by atoms with Gasteiger partial charge >= 0.3 is 5.97 Å². The number of ether oxygens (including phenoxy) is 3. The molecule has 4 rings (SSSR count). The molecular weight excluding hydrogens is 539 g/mol. The molecule has 0 aliphatic heterocycles. The molecule has 0 spiro atoms. The lowest BCUT2D eigenvalue weighted by Crippen LogP contribution is -1.99. The van der Waals surface area contributed by atoms with Gasteiger partial charge in [-0.15, -0.1) is 10.2 Å². The fourth-order valence-corrected chi connectivity index (χ4v) is 4.19. The predicted octanol–water partition coefficient (Wildman–Crippen LogP) is 6.86. The Labute approximate surface area is 226 Å². The molecule has 0 amide bonds. The zero-order valence-electron chi connectivity index (χ0n) is 19.6. The molecule has 1 heterocycles. The Morgan fingerprint density at radius 2 is 1.65 bits per heavy atom. The standard InChI is InChI=1S/C26H20Cl2N2O6S/c1-33-20-10-8-18(28)13-19(20)24-29-30-26(36-24)37-23(25(31)32)12-16-5-9-21(22(11-16)34-2)35-14-15-3-6-17(27)7-4-15/h3-13H,14H2,1-2H3,(H,31,32)/b23-12-. The highest BCUT2D eigenvalue weighted by molar-refractivity contribution is 8.03. The lowest BCUT2D eigenvalue weighted by atomic mass is 10.2. The minimum atomic E-state index is -1.16. The average molecular weight is 559 g/mol. The number of halogens is 2. The summed E-state index contributed by atoms with van der Waals surface area (Å²) in [5.74, 6) is 0.438. The van der Waals surface area contributed by atoms with Gasteiger partial charge < -0.3 is 23.7 Å². The maximum Gasteiger partial charge on any atom is 0.342 e. The van der Waals surface area contributed by atoms with Gasteiger partial charge in [0, 0.05) is 10.0 Å². The van der Waals surface area contributed by atoms with E-state index >= 15 is 0 Å². The van der Waals surface area contributed by atoms with Crippen LogP contribution in [0.5, 0.6) is 17.2 Å². The third-order valence-electron chi connectivity index (χ3n) is 5.00. The minimum Gasteiger partial charge on any atom is -0.496 e. The van der Waals surface area contributed by atoms with Crippen LogP contribution in [0.1, 0.15) is 11.1 Å². The van der Waals surface area contributed by atoms with Crippen molar-refractivity contribution in [3.63, 3.8) is 0 Å². The van der Waals surface area contributed by atoms with E-state index in [4.69, 9.17) is 41.8 Å². The smallest absolute Gasteiger partial charge is 0.342 e. The Morgan fingerprint density at radius 3 is 2.35 bits per heavy atom. The molecule has 4 aromatic rings. The number of rotatable bonds is 10. The highest BCUT2D eigenvalue weighted by Crippen LogP contribution is 2.36. The summed E-state index contributed by atoms with van der Waals surface area (Å²) in [5.41, 5.74) is 2.01. The number of aromatic nitrogens is 2. The number of hydrogen-bond acceptors (Lipinski definition) is 8. The first-order valence-corrected chi connectivity index (χ1v) is 12.3. The molecule has 0 atom stereocenters. The molecule has 0 saturated heterocycles. The Hall–Kier alpha value is -3.66. The highest BCUT2D eigenvalue weighted by Gasteiger charge is 2.19. The largest absolute Gasteiger partial charge is 0.496 e. The van der Waals surface area contributed by atoms with Gasteiger partial charge in [-0.3, -0.25) is 0 Å². The number of carbonyl (C=O) groups is 1. The van der Waals surface area contributed by atoms with E-state index in [2.05, 4.69) is 10.2 Å². The van der Waals surface area contributed by atoms with E-state index in [1.807, 2.05) is 12.1 Å². The van der Waals surface area contributed by atoms with Gasteiger partial charge in [0.15, 0.2) is 11.5 Å². The van der Waals surface area contributed by atoms with E-state index in [1.165, 1.54) is 20.3 Å². The van der Waals surface area contributed by atoms with Crippen LogP contribution in [0, 0.1) is 0 Å². The van der Waals surface area contributed by atoms with Crippen molar-refractivity contribution < 1.29 is 28.5 Å². The van der Waals surface area contributed by atoms with Crippen LogP contribution in [0.15, 0.2) is 75.2 Å². The van der Waals surface area contributed by atoms with Gasteiger partial charge in [-0.1, -0.05) is 41.4 Å². The van der Waals surface area contributed by atoms with Crippen molar-refractivity contribution in [3.05, 3.63) is 86.7 Å². The van der Waals surface area contributed by atoms with Crippen LogP contribution in [0.25, 0.3) is 17.5 Å². The van der Waals surface area contributed by atoms with Gasteiger partial charge in [-0.05, 0) is 71.4 Å². The molecule has 11 heteroatoms. The van der Waals surface area contributed by atoms with Crippen molar-refractivity contribution in [1.82, 2.24) is 10.2 Å². The number of benzene rings is 3. The zero-order valence-corrected chi connectivity index (χ0v) is 21.9. The van der Waals surface area contributed by atoms with Crippen LogP contribution in [0.2, 0.25) is 10.0 Å². The summed E-state index contributed by atoms with van der Waals surface area (Å²) in [6.07, 6.45) is 1.47. The summed E-state index contributed by atoms with van der Waals surface area (Å²) in [7, 11) is 3.02. The number of methoxy groups -OCH3 is 2. The van der Waals surface area contributed by atoms with Crippen LogP contribution < -0.4 is 14.2 Å². The van der Waals surface area contributed by atoms with Crippen molar-refractivity contribution in [3.8, 4) is 28.7 Å². The molecule has 0 aliphatic rings. The zero-order chi connectivity index (χ0) is 26.4. The van der Waals surface area contributed by atoms with Gasteiger partial charge in [0.2, 0.25) is 0 Å². The number of nitrogens with zero attached hydrogens (tertiary/aromatic N) is 2. The second-order valence-electron chi connectivity index (χ2n) is 7.46. The number of carboxylic acids is 1. The molecule has 0 radical (unpaired) electrons. The van der Waals surface area contributed by atoms with E-state index in [0.29, 0.717) is 45.0 Å². The van der Waals surface area contributed by atoms with E-state index in [9.17, 15) is 9.90 Å². The van der Waals surface area contributed by atoms with E-state index in [1.54, 1.807) is 48.5 Å². The predicted molar refractivity (Wildman–Crippen MR) is 142 cm³/mol. The van der Waals surface area contributed by atoms with E-state index < -0.39 is 5.97 Å². The normalized spacial score (nSPS) is 11.3. The fourth-order valence-electron chi connectivity index (χ4n) is 3.22. The van der Waals surface area contributed by atoms with Crippen molar-refractivity contribution in [2.24, 2.45) is 0 Å². The molecule has 37 heavy (non-hydrogen) atoms. The Kier molecular flexibility index (Phi) is 8.60. The summed E-state index contributed by atoms with van der Waals surface area (Å²) in [6, 6.07) is 17.4. The summed E-state index contributed by atoms with van der Waals surface area (Å²) < 4.78 is 22.3.